The average Bonchev–Trinajstić information content (AvgIpc) is 3.39. The maximum Gasteiger partial charge on any atom is 0.228 e. The van der Waals surface area contributed by atoms with Crippen molar-refractivity contribution in [1.29, 1.82) is 5.26 Å². The number of anilines is 2. The molecule has 1 atom stereocenters. The zero-order valence-corrected chi connectivity index (χ0v) is 12.7. The number of carbonyl (C=O) groups excluding carboxylic acids is 1. The van der Waals surface area contributed by atoms with Gasteiger partial charge >= 0.3 is 0 Å². The zero-order chi connectivity index (χ0) is 15.2. The number of nitriles is 1. The van der Waals surface area contributed by atoms with Gasteiger partial charge in [-0.1, -0.05) is 12.8 Å². The number of amides is 1. The van der Waals surface area contributed by atoms with Crippen molar-refractivity contribution < 1.29 is 4.79 Å². The second-order valence-corrected chi connectivity index (χ2v) is 7.11. The third kappa shape index (κ3) is 2.45. The summed E-state index contributed by atoms with van der Waals surface area (Å²) >= 11 is 0. The summed E-state index contributed by atoms with van der Waals surface area (Å²) in [7, 11) is 0. The SMILES string of the molecule is N#Cc1ccc(NC2CC2)c(NC(=O)[C@H]2CC23CCCC3)c1. The summed E-state index contributed by atoms with van der Waals surface area (Å²) in [5, 5.41) is 15.6. The molecule has 3 fully saturated rings. The quantitative estimate of drug-likeness (QED) is 0.891. The van der Waals surface area contributed by atoms with Crippen LogP contribution in [0.25, 0.3) is 0 Å². The van der Waals surface area contributed by atoms with Crippen molar-refractivity contribution in [3.8, 4) is 6.07 Å². The van der Waals surface area contributed by atoms with Crippen LogP contribution in [0.2, 0.25) is 0 Å². The fraction of sp³-hybridized carbons (Fsp3) is 0.556. The van der Waals surface area contributed by atoms with Crippen LogP contribution in [0.4, 0.5) is 11.4 Å². The molecule has 2 N–H and O–H groups in total. The molecule has 0 saturated heterocycles. The molecule has 3 aliphatic carbocycles. The van der Waals surface area contributed by atoms with Crippen molar-refractivity contribution in [1.82, 2.24) is 0 Å². The number of benzene rings is 1. The molecule has 22 heavy (non-hydrogen) atoms. The lowest BCUT2D eigenvalue weighted by atomic mass is 10.0. The van der Waals surface area contributed by atoms with Gasteiger partial charge in [0.25, 0.3) is 0 Å². The largest absolute Gasteiger partial charge is 0.381 e. The van der Waals surface area contributed by atoms with Crippen molar-refractivity contribution in [2.24, 2.45) is 11.3 Å². The van der Waals surface area contributed by atoms with Crippen molar-refractivity contribution in [2.75, 3.05) is 10.6 Å². The van der Waals surface area contributed by atoms with E-state index in [1.807, 2.05) is 6.07 Å². The fourth-order valence-corrected chi connectivity index (χ4v) is 3.86. The molecule has 0 bridgehead atoms. The monoisotopic (exact) mass is 295 g/mol. The Morgan fingerprint density at radius 1 is 1.23 bits per heavy atom. The molecule has 0 heterocycles. The highest BCUT2D eigenvalue weighted by Gasteiger charge is 2.58. The average molecular weight is 295 g/mol. The Labute approximate surface area is 130 Å². The number of carbonyl (C=O) groups is 1. The van der Waals surface area contributed by atoms with Crippen LogP contribution in [0, 0.1) is 22.7 Å². The summed E-state index contributed by atoms with van der Waals surface area (Å²) in [6.07, 6.45) is 8.35. The summed E-state index contributed by atoms with van der Waals surface area (Å²) in [6, 6.07) is 8.16. The highest BCUT2D eigenvalue weighted by molar-refractivity contribution is 5.98. The fourth-order valence-electron chi connectivity index (χ4n) is 3.86. The first kappa shape index (κ1) is 13.6. The maximum absolute atomic E-state index is 12.6. The Morgan fingerprint density at radius 3 is 2.68 bits per heavy atom. The number of hydrogen-bond acceptors (Lipinski definition) is 3. The summed E-state index contributed by atoms with van der Waals surface area (Å²) < 4.78 is 0. The molecule has 1 aromatic rings. The van der Waals surface area contributed by atoms with E-state index in [-0.39, 0.29) is 11.8 Å². The normalized spacial score (nSPS) is 24.8. The lowest BCUT2D eigenvalue weighted by Crippen LogP contribution is -2.19. The van der Waals surface area contributed by atoms with Gasteiger partial charge in [0.1, 0.15) is 0 Å². The Balaban J connectivity index is 1.51. The van der Waals surface area contributed by atoms with Gasteiger partial charge in [0.2, 0.25) is 5.91 Å². The van der Waals surface area contributed by atoms with Crippen molar-refractivity contribution in [3.63, 3.8) is 0 Å². The third-order valence-corrected chi connectivity index (χ3v) is 5.45. The smallest absolute Gasteiger partial charge is 0.228 e. The maximum atomic E-state index is 12.6. The van der Waals surface area contributed by atoms with Crippen molar-refractivity contribution in [3.05, 3.63) is 23.8 Å². The zero-order valence-electron chi connectivity index (χ0n) is 12.7. The molecule has 0 unspecified atom stereocenters. The Bertz CT molecular complexity index is 651. The van der Waals surface area contributed by atoms with Crippen LogP contribution in [0.15, 0.2) is 18.2 Å². The number of nitrogens with one attached hydrogen (secondary N) is 2. The van der Waals surface area contributed by atoms with Gasteiger partial charge in [-0.2, -0.15) is 5.26 Å². The van der Waals surface area contributed by atoms with Crippen LogP contribution in [0.1, 0.15) is 50.5 Å². The van der Waals surface area contributed by atoms with Crippen LogP contribution < -0.4 is 10.6 Å². The summed E-state index contributed by atoms with van der Waals surface area (Å²) in [6.45, 7) is 0. The minimum absolute atomic E-state index is 0.135. The van der Waals surface area contributed by atoms with Crippen LogP contribution >= 0.6 is 0 Å². The molecule has 0 radical (unpaired) electrons. The molecular weight excluding hydrogens is 274 g/mol. The molecule has 114 valence electrons. The molecule has 1 amide bonds. The molecule has 4 heteroatoms. The lowest BCUT2D eigenvalue weighted by Gasteiger charge is -2.14. The summed E-state index contributed by atoms with van der Waals surface area (Å²) in [4.78, 5) is 12.6. The van der Waals surface area contributed by atoms with Gasteiger partial charge in [0.05, 0.1) is 23.0 Å². The second kappa shape index (κ2) is 5.01. The van der Waals surface area contributed by atoms with Crippen LogP contribution in [-0.2, 0) is 4.79 Å². The molecule has 0 aliphatic heterocycles. The van der Waals surface area contributed by atoms with E-state index in [4.69, 9.17) is 5.26 Å². The predicted octanol–water partition coefficient (Wildman–Crippen LogP) is 3.65. The number of rotatable bonds is 4. The van der Waals surface area contributed by atoms with Gasteiger partial charge in [-0.3, -0.25) is 4.79 Å². The van der Waals surface area contributed by atoms with E-state index in [9.17, 15) is 4.79 Å². The minimum Gasteiger partial charge on any atom is -0.381 e. The molecule has 0 aromatic heterocycles. The van der Waals surface area contributed by atoms with Gasteiger partial charge in [-0.05, 0) is 55.7 Å². The molecule has 3 aliphatic rings. The van der Waals surface area contributed by atoms with Crippen LogP contribution in [0.3, 0.4) is 0 Å². The number of nitrogens with zero attached hydrogens (tertiary/aromatic N) is 1. The van der Waals surface area contributed by atoms with E-state index in [1.165, 1.54) is 38.5 Å². The Hall–Kier alpha value is -2.02. The van der Waals surface area contributed by atoms with E-state index >= 15 is 0 Å². The van der Waals surface area contributed by atoms with Crippen molar-refractivity contribution >= 4 is 17.3 Å². The van der Waals surface area contributed by atoms with Gasteiger partial charge in [-0.15, -0.1) is 0 Å². The first-order chi connectivity index (χ1) is 10.7. The van der Waals surface area contributed by atoms with Gasteiger partial charge < -0.3 is 10.6 Å². The summed E-state index contributed by atoms with van der Waals surface area (Å²) in [5.74, 6) is 0.311. The Morgan fingerprint density at radius 2 is 2.00 bits per heavy atom. The molecule has 4 rings (SSSR count). The molecule has 3 saturated carbocycles. The third-order valence-electron chi connectivity index (χ3n) is 5.45. The van der Waals surface area contributed by atoms with E-state index < -0.39 is 0 Å². The van der Waals surface area contributed by atoms with Crippen LogP contribution in [0.5, 0.6) is 0 Å². The van der Waals surface area contributed by atoms with E-state index in [0.717, 1.165) is 17.8 Å². The highest BCUT2D eigenvalue weighted by Crippen LogP contribution is 2.63. The van der Waals surface area contributed by atoms with E-state index in [1.54, 1.807) is 12.1 Å². The Kier molecular flexibility index (Phi) is 3.11. The molecule has 1 spiro atoms. The number of hydrogen-bond donors (Lipinski definition) is 2. The van der Waals surface area contributed by atoms with Crippen molar-refractivity contribution in [2.45, 2.75) is 51.0 Å². The topological polar surface area (TPSA) is 64.9 Å². The van der Waals surface area contributed by atoms with E-state index in [0.29, 0.717) is 17.0 Å². The highest BCUT2D eigenvalue weighted by atomic mass is 16.2. The second-order valence-electron chi connectivity index (χ2n) is 7.11. The standard InChI is InChI=1S/C18H21N3O/c19-11-12-3-6-15(20-13-4-5-13)16(9-12)21-17(22)14-10-18(14)7-1-2-8-18/h3,6,9,13-14,20H,1-2,4-5,7-8,10H2,(H,21,22)/t14-/m1/s1. The summed E-state index contributed by atoms with van der Waals surface area (Å²) in [5.41, 5.74) is 2.59. The molecule has 1 aromatic carbocycles. The molecule has 4 nitrogen and oxygen atoms in total. The predicted molar refractivity (Wildman–Crippen MR) is 85.4 cm³/mol. The van der Waals surface area contributed by atoms with Crippen LogP contribution in [-0.4, -0.2) is 11.9 Å². The van der Waals surface area contributed by atoms with Gasteiger partial charge in [0.15, 0.2) is 0 Å². The first-order valence-electron chi connectivity index (χ1n) is 8.32. The minimum atomic E-state index is 0.135. The van der Waals surface area contributed by atoms with Gasteiger partial charge in [0, 0.05) is 12.0 Å². The molecular formula is C18H21N3O. The van der Waals surface area contributed by atoms with Gasteiger partial charge in [-0.25, -0.2) is 0 Å². The first-order valence-corrected chi connectivity index (χ1v) is 8.32. The lowest BCUT2D eigenvalue weighted by molar-refractivity contribution is -0.118. The van der Waals surface area contributed by atoms with E-state index in [2.05, 4.69) is 16.7 Å².